The van der Waals surface area contributed by atoms with E-state index in [0.29, 0.717) is 12.1 Å². The van der Waals surface area contributed by atoms with Gasteiger partial charge in [-0.05, 0) is 74.2 Å². The molecule has 1 heterocycles. The molecule has 0 aromatic heterocycles. The van der Waals surface area contributed by atoms with Gasteiger partial charge in [0.15, 0.2) is 0 Å². The lowest BCUT2D eigenvalue weighted by Gasteiger charge is -2.44. The van der Waals surface area contributed by atoms with Crippen LogP contribution in [0.5, 0.6) is 0 Å². The van der Waals surface area contributed by atoms with E-state index < -0.39 is 77.5 Å². The third-order valence-corrected chi connectivity index (χ3v) is 6.62. The van der Waals surface area contributed by atoms with Crippen LogP contribution in [-0.2, 0) is 34.6 Å². The molecule has 0 unspecified atom stereocenters. The Morgan fingerprint density at radius 2 is 1.44 bits per heavy atom. The molecular formula is C27H27F9N2O3. The van der Waals surface area contributed by atoms with Gasteiger partial charge >= 0.3 is 24.6 Å². The molecule has 2 atom stereocenters. The molecule has 1 aliphatic rings. The normalized spacial score (nSPS) is 17.9. The minimum absolute atomic E-state index is 0.0157. The Balaban J connectivity index is 2.20. The van der Waals surface area contributed by atoms with Gasteiger partial charge in [0.1, 0.15) is 0 Å². The molecule has 41 heavy (non-hydrogen) atoms. The number of fused-ring (bicyclic) bond motifs is 1. The van der Waals surface area contributed by atoms with Crippen molar-refractivity contribution in [2.45, 2.75) is 83.8 Å². The summed E-state index contributed by atoms with van der Waals surface area (Å²) in [5.41, 5.74) is -4.99. The van der Waals surface area contributed by atoms with Crippen molar-refractivity contribution >= 4 is 17.7 Å². The zero-order chi connectivity index (χ0) is 31.1. The van der Waals surface area contributed by atoms with Crippen LogP contribution in [0.3, 0.4) is 0 Å². The van der Waals surface area contributed by atoms with E-state index in [0.717, 1.165) is 34.9 Å². The maximum absolute atomic E-state index is 13.7. The molecular weight excluding hydrogens is 571 g/mol. The summed E-state index contributed by atoms with van der Waals surface area (Å²) < 4.78 is 127. The first-order valence-electron chi connectivity index (χ1n) is 12.5. The van der Waals surface area contributed by atoms with E-state index in [4.69, 9.17) is 4.74 Å². The largest absolute Gasteiger partial charge is 0.446 e. The molecule has 5 nitrogen and oxygen atoms in total. The van der Waals surface area contributed by atoms with Gasteiger partial charge in [0.05, 0.1) is 34.5 Å². The van der Waals surface area contributed by atoms with Crippen LogP contribution in [0.15, 0.2) is 36.4 Å². The first-order valence-corrected chi connectivity index (χ1v) is 12.5. The number of halogens is 9. The van der Waals surface area contributed by atoms with E-state index in [1.807, 2.05) is 0 Å². The van der Waals surface area contributed by atoms with Crippen molar-refractivity contribution < 1.29 is 53.8 Å². The summed E-state index contributed by atoms with van der Waals surface area (Å²) in [4.78, 5) is 27.9. The van der Waals surface area contributed by atoms with Crippen molar-refractivity contribution in [3.05, 3.63) is 64.2 Å². The lowest BCUT2D eigenvalue weighted by molar-refractivity contribution is -0.143. The number of benzene rings is 2. The van der Waals surface area contributed by atoms with Crippen LogP contribution in [-0.4, -0.2) is 29.0 Å². The molecule has 1 aliphatic heterocycles. The summed E-state index contributed by atoms with van der Waals surface area (Å²) in [5.74, 6) is -0.808. The van der Waals surface area contributed by atoms with Gasteiger partial charge in [-0.25, -0.2) is 4.79 Å². The van der Waals surface area contributed by atoms with E-state index in [1.54, 1.807) is 20.8 Å². The Morgan fingerprint density at radius 1 is 0.902 bits per heavy atom. The number of anilines is 1. The van der Waals surface area contributed by atoms with Gasteiger partial charge in [-0.1, -0.05) is 6.92 Å². The van der Waals surface area contributed by atoms with Gasteiger partial charge in [-0.3, -0.25) is 9.69 Å². The zero-order valence-corrected chi connectivity index (χ0v) is 22.3. The second-order valence-electron chi connectivity index (χ2n) is 9.95. The fraction of sp³-hybridized carbons (Fsp3) is 0.481. The number of hydrogen-bond donors (Lipinski definition) is 0. The Kier molecular flexibility index (Phi) is 8.95. The predicted octanol–water partition coefficient (Wildman–Crippen LogP) is 8.37. The zero-order valence-electron chi connectivity index (χ0n) is 22.3. The number of carbonyl (C=O) groups is 2. The molecule has 0 aliphatic carbocycles. The van der Waals surface area contributed by atoms with Gasteiger partial charge in [-0.15, -0.1) is 0 Å². The topological polar surface area (TPSA) is 49.9 Å². The standard InChI is InChI=1S/C27H27F9N2O3/c1-5-20-12-23(21-11-17(25(28,29)30)6-7-22(21)38(20)24(40)41-14(2)3)37(15(4)39)13-16-8-18(26(31,32)33)10-19(9-16)27(34,35)36/h6-11,14,20,23H,5,12-13H2,1-4H3/t20-,23+/m0/s1. The number of hydrogen-bond acceptors (Lipinski definition) is 3. The van der Waals surface area contributed by atoms with Gasteiger partial charge in [0, 0.05) is 19.5 Å². The number of rotatable bonds is 5. The first-order chi connectivity index (χ1) is 18.7. The monoisotopic (exact) mass is 598 g/mol. The van der Waals surface area contributed by atoms with Crippen LogP contribution in [0.4, 0.5) is 50.0 Å². The van der Waals surface area contributed by atoms with Crippen molar-refractivity contribution in [2.75, 3.05) is 4.90 Å². The first kappa shape index (κ1) is 32.1. The van der Waals surface area contributed by atoms with Gasteiger partial charge in [0.2, 0.25) is 5.91 Å². The predicted molar refractivity (Wildman–Crippen MR) is 130 cm³/mol. The van der Waals surface area contributed by atoms with Gasteiger partial charge in [-0.2, -0.15) is 39.5 Å². The quantitative estimate of drug-likeness (QED) is 0.325. The molecule has 3 rings (SSSR count). The molecule has 0 radical (unpaired) electrons. The number of amides is 2. The van der Waals surface area contributed by atoms with Crippen LogP contribution < -0.4 is 4.90 Å². The summed E-state index contributed by atoms with van der Waals surface area (Å²) in [6.07, 6.45) is -16.4. The van der Waals surface area contributed by atoms with Gasteiger partial charge < -0.3 is 9.64 Å². The highest BCUT2D eigenvalue weighted by Gasteiger charge is 2.42. The molecule has 0 N–H and O–H groups in total. The number of alkyl halides is 9. The lowest BCUT2D eigenvalue weighted by atomic mass is 9.87. The average Bonchev–Trinajstić information content (AvgIpc) is 2.83. The summed E-state index contributed by atoms with van der Waals surface area (Å²) in [6, 6.07) is 1.44. The van der Waals surface area contributed by atoms with Crippen molar-refractivity contribution in [1.29, 1.82) is 0 Å². The molecule has 226 valence electrons. The van der Waals surface area contributed by atoms with Crippen LogP contribution in [0.1, 0.15) is 74.4 Å². The van der Waals surface area contributed by atoms with E-state index >= 15 is 0 Å². The van der Waals surface area contributed by atoms with Crippen molar-refractivity contribution in [2.24, 2.45) is 0 Å². The van der Waals surface area contributed by atoms with Crippen LogP contribution in [0.2, 0.25) is 0 Å². The SMILES string of the molecule is CC[C@H]1C[C@@H](N(Cc2cc(C(F)(F)F)cc(C(F)(F)F)c2)C(C)=O)c2cc(C(F)(F)F)ccc2N1C(=O)OC(C)C. The van der Waals surface area contributed by atoms with E-state index in [-0.39, 0.29) is 30.2 Å². The highest BCUT2D eigenvalue weighted by Crippen LogP contribution is 2.45. The van der Waals surface area contributed by atoms with Gasteiger partial charge in [0.25, 0.3) is 0 Å². The van der Waals surface area contributed by atoms with Crippen molar-refractivity contribution in [3.8, 4) is 0 Å². The fourth-order valence-corrected chi connectivity index (χ4v) is 4.80. The number of carbonyl (C=O) groups excluding carboxylic acids is 2. The molecule has 0 spiro atoms. The minimum Gasteiger partial charge on any atom is -0.446 e. The Labute approximate surface area is 229 Å². The summed E-state index contributed by atoms with van der Waals surface area (Å²) >= 11 is 0. The lowest BCUT2D eigenvalue weighted by Crippen LogP contribution is -2.49. The average molecular weight is 599 g/mol. The number of ether oxygens (including phenoxy) is 1. The Hall–Kier alpha value is -3.45. The molecule has 0 bridgehead atoms. The van der Waals surface area contributed by atoms with E-state index in [1.165, 1.54) is 0 Å². The van der Waals surface area contributed by atoms with Crippen LogP contribution in [0.25, 0.3) is 0 Å². The third kappa shape index (κ3) is 7.25. The second-order valence-corrected chi connectivity index (χ2v) is 9.95. The maximum Gasteiger partial charge on any atom is 0.416 e. The maximum atomic E-state index is 13.7. The van der Waals surface area contributed by atoms with E-state index in [2.05, 4.69) is 0 Å². The summed E-state index contributed by atoms with van der Waals surface area (Å²) in [5, 5.41) is 0. The highest BCUT2D eigenvalue weighted by atomic mass is 19.4. The molecule has 14 heteroatoms. The minimum atomic E-state index is -5.14. The Bertz CT molecular complexity index is 1250. The van der Waals surface area contributed by atoms with Crippen LogP contribution >= 0.6 is 0 Å². The molecule has 0 saturated carbocycles. The third-order valence-electron chi connectivity index (χ3n) is 6.62. The Morgan fingerprint density at radius 3 is 1.88 bits per heavy atom. The fourth-order valence-electron chi connectivity index (χ4n) is 4.80. The van der Waals surface area contributed by atoms with Crippen LogP contribution in [0, 0.1) is 0 Å². The number of nitrogens with zero attached hydrogens (tertiary/aromatic N) is 2. The van der Waals surface area contributed by atoms with Crippen molar-refractivity contribution in [1.82, 2.24) is 4.90 Å². The smallest absolute Gasteiger partial charge is 0.416 e. The molecule has 2 aromatic carbocycles. The second kappa shape index (κ2) is 11.4. The molecule has 2 amide bonds. The van der Waals surface area contributed by atoms with E-state index in [9.17, 15) is 49.1 Å². The highest BCUT2D eigenvalue weighted by molar-refractivity contribution is 5.91. The molecule has 0 saturated heterocycles. The molecule has 0 fully saturated rings. The van der Waals surface area contributed by atoms with Crippen molar-refractivity contribution in [3.63, 3.8) is 0 Å². The summed E-state index contributed by atoms with van der Waals surface area (Å²) in [7, 11) is 0. The summed E-state index contributed by atoms with van der Waals surface area (Å²) in [6.45, 7) is 5.05. The molecule has 2 aromatic rings.